The Morgan fingerprint density at radius 3 is 2.68 bits per heavy atom. The highest BCUT2D eigenvalue weighted by Crippen LogP contribution is 2.27. The molecule has 7 heteroatoms. The molecule has 1 saturated carbocycles. The van der Waals surface area contributed by atoms with E-state index in [2.05, 4.69) is 15.6 Å². The van der Waals surface area contributed by atoms with Crippen molar-refractivity contribution in [2.24, 2.45) is 0 Å². The molecule has 0 bridgehead atoms. The minimum atomic E-state index is -0.170. The molecule has 25 heavy (non-hydrogen) atoms. The molecule has 1 fully saturated rings. The van der Waals surface area contributed by atoms with Gasteiger partial charge in [0.2, 0.25) is 0 Å². The zero-order valence-electron chi connectivity index (χ0n) is 14.6. The second-order valence-corrected chi connectivity index (χ2v) is 6.85. The lowest BCUT2D eigenvalue weighted by molar-refractivity contribution is 0.0927. The van der Waals surface area contributed by atoms with Crippen LogP contribution in [0.1, 0.15) is 54.7 Å². The van der Waals surface area contributed by atoms with Crippen molar-refractivity contribution in [1.29, 1.82) is 0 Å². The highest BCUT2D eigenvalue weighted by atomic mass is 35.5. The Balaban J connectivity index is 1.83. The van der Waals surface area contributed by atoms with Gasteiger partial charge in [0, 0.05) is 11.1 Å². The smallest absolute Gasteiger partial charge is 0.273 e. The molecule has 1 aromatic heterocycles. The zero-order chi connectivity index (χ0) is 17.8. The molecule has 2 aromatic rings. The van der Waals surface area contributed by atoms with E-state index in [1.165, 1.54) is 12.8 Å². The average molecular weight is 363 g/mol. The third-order valence-corrected chi connectivity index (χ3v) is 4.90. The summed E-state index contributed by atoms with van der Waals surface area (Å²) in [5.41, 5.74) is 1.66. The van der Waals surface area contributed by atoms with Crippen molar-refractivity contribution >= 4 is 17.5 Å². The fraction of sp³-hybridized carbons (Fsp3) is 0.500. The van der Waals surface area contributed by atoms with Gasteiger partial charge >= 0.3 is 0 Å². The lowest BCUT2D eigenvalue weighted by Gasteiger charge is -2.15. The van der Waals surface area contributed by atoms with Crippen LogP contribution in [0.2, 0.25) is 5.02 Å². The summed E-state index contributed by atoms with van der Waals surface area (Å²) in [4.78, 5) is 12.6. The topological polar surface area (TPSA) is 69.0 Å². The van der Waals surface area contributed by atoms with Gasteiger partial charge in [0.25, 0.3) is 5.91 Å². The Morgan fingerprint density at radius 1 is 1.28 bits per heavy atom. The fourth-order valence-electron chi connectivity index (χ4n) is 3.27. The number of hydrogen-bond donors (Lipinski definition) is 1. The lowest BCUT2D eigenvalue weighted by Crippen LogP contribution is -2.35. The van der Waals surface area contributed by atoms with Gasteiger partial charge in [0.15, 0.2) is 5.69 Å². The maximum absolute atomic E-state index is 12.6. The lowest BCUT2D eigenvalue weighted by atomic mass is 10.1. The number of halogens is 1. The van der Waals surface area contributed by atoms with E-state index in [0.29, 0.717) is 27.8 Å². The molecule has 0 unspecified atom stereocenters. The Hall–Kier alpha value is -2.08. The summed E-state index contributed by atoms with van der Waals surface area (Å²) < 4.78 is 6.96. The number of amides is 1. The molecule has 0 radical (unpaired) electrons. The van der Waals surface area contributed by atoms with Crippen molar-refractivity contribution in [2.45, 2.75) is 51.5 Å². The Labute approximate surface area is 152 Å². The van der Waals surface area contributed by atoms with E-state index in [9.17, 15) is 4.79 Å². The van der Waals surface area contributed by atoms with E-state index in [-0.39, 0.29) is 11.9 Å². The summed E-state index contributed by atoms with van der Waals surface area (Å²) in [6.45, 7) is 1.82. The molecule has 0 atom stereocenters. The number of carbonyl (C=O) groups is 1. The number of nitrogens with zero attached hydrogens (tertiary/aromatic N) is 3. The summed E-state index contributed by atoms with van der Waals surface area (Å²) in [6.07, 6.45) is 6.88. The second-order valence-electron chi connectivity index (χ2n) is 6.41. The van der Waals surface area contributed by atoms with Crippen molar-refractivity contribution in [2.75, 3.05) is 7.11 Å². The SMILES string of the molecule is COc1ccc(Cl)cc1-n1nnc(C(=O)NC2CCCCCC2)c1C. The summed E-state index contributed by atoms with van der Waals surface area (Å²) in [5.74, 6) is 0.449. The van der Waals surface area contributed by atoms with Crippen LogP contribution >= 0.6 is 11.6 Å². The summed E-state index contributed by atoms with van der Waals surface area (Å²) in [6, 6.07) is 5.48. The molecule has 1 aliphatic rings. The molecular formula is C18H23ClN4O2. The normalized spacial score (nSPS) is 15.6. The minimum Gasteiger partial charge on any atom is -0.494 e. The van der Waals surface area contributed by atoms with Gasteiger partial charge in [-0.2, -0.15) is 0 Å². The number of aromatic nitrogens is 3. The molecule has 1 N–H and O–H groups in total. The standard InChI is InChI=1S/C18H23ClN4O2/c1-12-17(18(24)20-14-7-5-3-4-6-8-14)21-22-23(12)15-11-13(19)9-10-16(15)25-2/h9-11,14H,3-8H2,1-2H3,(H,20,24). The highest BCUT2D eigenvalue weighted by Gasteiger charge is 2.22. The van der Waals surface area contributed by atoms with Crippen LogP contribution in [-0.4, -0.2) is 34.1 Å². The van der Waals surface area contributed by atoms with Crippen LogP contribution in [-0.2, 0) is 0 Å². The minimum absolute atomic E-state index is 0.170. The first-order valence-electron chi connectivity index (χ1n) is 8.67. The van der Waals surface area contributed by atoms with Crippen molar-refractivity contribution in [1.82, 2.24) is 20.3 Å². The van der Waals surface area contributed by atoms with Crippen LogP contribution in [0.15, 0.2) is 18.2 Å². The van der Waals surface area contributed by atoms with Crippen LogP contribution in [0.25, 0.3) is 5.69 Å². The average Bonchev–Trinajstić information content (AvgIpc) is 2.80. The largest absolute Gasteiger partial charge is 0.494 e. The maximum atomic E-state index is 12.6. The molecule has 1 aromatic carbocycles. The van der Waals surface area contributed by atoms with E-state index in [0.717, 1.165) is 25.7 Å². The van der Waals surface area contributed by atoms with Gasteiger partial charge in [-0.05, 0) is 38.0 Å². The van der Waals surface area contributed by atoms with Crippen LogP contribution in [0, 0.1) is 6.92 Å². The molecule has 6 nitrogen and oxygen atoms in total. The maximum Gasteiger partial charge on any atom is 0.273 e. The van der Waals surface area contributed by atoms with Gasteiger partial charge in [-0.3, -0.25) is 4.79 Å². The molecule has 1 heterocycles. The Bertz CT molecular complexity index is 752. The number of methoxy groups -OCH3 is 1. The van der Waals surface area contributed by atoms with Gasteiger partial charge in [0.1, 0.15) is 11.4 Å². The van der Waals surface area contributed by atoms with Gasteiger partial charge in [0.05, 0.1) is 12.8 Å². The van der Waals surface area contributed by atoms with Crippen molar-refractivity contribution in [3.63, 3.8) is 0 Å². The second kappa shape index (κ2) is 7.87. The van der Waals surface area contributed by atoms with E-state index in [4.69, 9.17) is 16.3 Å². The van der Waals surface area contributed by atoms with Crippen molar-refractivity contribution < 1.29 is 9.53 Å². The molecule has 0 spiro atoms. The predicted molar refractivity (Wildman–Crippen MR) is 96.6 cm³/mol. The molecule has 134 valence electrons. The van der Waals surface area contributed by atoms with Gasteiger partial charge in [-0.25, -0.2) is 4.68 Å². The van der Waals surface area contributed by atoms with Crippen LogP contribution in [0.4, 0.5) is 0 Å². The third-order valence-electron chi connectivity index (χ3n) is 4.67. The van der Waals surface area contributed by atoms with Crippen LogP contribution in [0.3, 0.4) is 0 Å². The van der Waals surface area contributed by atoms with Gasteiger partial charge in [-0.1, -0.05) is 42.5 Å². The number of benzene rings is 1. The molecule has 0 aliphatic heterocycles. The quantitative estimate of drug-likeness (QED) is 0.842. The molecule has 1 aliphatic carbocycles. The number of nitrogens with one attached hydrogen (secondary N) is 1. The van der Waals surface area contributed by atoms with Crippen LogP contribution in [0.5, 0.6) is 5.75 Å². The monoisotopic (exact) mass is 362 g/mol. The number of rotatable bonds is 4. The Morgan fingerprint density at radius 2 is 2.00 bits per heavy atom. The first-order chi connectivity index (χ1) is 12.1. The summed E-state index contributed by atoms with van der Waals surface area (Å²) in [5, 5.41) is 11.9. The summed E-state index contributed by atoms with van der Waals surface area (Å²) >= 11 is 6.09. The molecular weight excluding hydrogens is 340 g/mol. The Kier molecular flexibility index (Phi) is 5.58. The summed E-state index contributed by atoms with van der Waals surface area (Å²) in [7, 11) is 1.58. The molecule has 3 rings (SSSR count). The third kappa shape index (κ3) is 3.95. The van der Waals surface area contributed by atoms with Gasteiger partial charge in [-0.15, -0.1) is 5.10 Å². The van der Waals surface area contributed by atoms with E-state index >= 15 is 0 Å². The van der Waals surface area contributed by atoms with E-state index < -0.39 is 0 Å². The molecule has 0 saturated heterocycles. The van der Waals surface area contributed by atoms with Crippen LogP contribution < -0.4 is 10.1 Å². The van der Waals surface area contributed by atoms with Crippen molar-refractivity contribution in [3.8, 4) is 11.4 Å². The molecule has 1 amide bonds. The van der Waals surface area contributed by atoms with E-state index in [1.54, 1.807) is 30.0 Å². The van der Waals surface area contributed by atoms with Crippen molar-refractivity contribution in [3.05, 3.63) is 34.6 Å². The first kappa shape index (κ1) is 17.7. The number of carbonyl (C=O) groups excluding carboxylic acids is 1. The van der Waals surface area contributed by atoms with E-state index in [1.807, 2.05) is 6.92 Å². The number of ether oxygens (including phenoxy) is 1. The fourth-order valence-corrected chi connectivity index (χ4v) is 3.44. The zero-order valence-corrected chi connectivity index (χ0v) is 15.3. The first-order valence-corrected chi connectivity index (χ1v) is 9.05. The highest BCUT2D eigenvalue weighted by molar-refractivity contribution is 6.30. The number of hydrogen-bond acceptors (Lipinski definition) is 4. The predicted octanol–water partition coefficient (Wildman–Crippen LogP) is 3.69. The van der Waals surface area contributed by atoms with Gasteiger partial charge < -0.3 is 10.1 Å².